The molecule has 0 saturated heterocycles. The maximum Gasteiger partial charge on any atom is 0.264 e. The number of anilines is 1. The summed E-state index contributed by atoms with van der Waals surface area (Å²) in [6, 6.07) is 15.4. The van der Waals surface area contributed by atoms with Crippen molar-refractivity contribution in [2.75, 3.05) is 12.4 Å². The second-order valence-electron chi connectivity index (χ2n) is 7.08. The number of hydrogen-bond donors (Lipinski definition) is 2. The van der Waals surface area contributed by atoms with E-state index < -0.39 is 22.4 Å². The number of rotatable bonds is 8. The lowest BCUT2D eigenvalue weighted by atomic mass is 10.1. The van der Waals surface area contributed by atoms with Crippen LogP contribution in [0.25, 0.3) is 0 Å². The third-order valence-electron chi connectivity index (χ3n) is 4.60. The standard InChI is InChI=1S/C23H19F2N3O5S/c1-32-20-7-2-14(11-22(29)28-17-3-5-19(6-4-17)34(27,30)31)10-21(20)33-18-9-15(13-26)8-16(12-18)23(24)25/h2-10,12,23H,11H2,1H3,(H,28,29)(H2,27,30,31). The van der Waals surface area contributed by atoms with Gasteiger partial charge < -0.3 is 14.8 Å². The summed E-state index contributed by atoms with van der Waals surface area (Å²) in [4.78, 5) is 12.4. The third kappa shape index (κ3) is 6.28. The monoisotopic (exact) mass is 487 g/mol. The second-order valence-corrected chi connectivity index (χ2v) is 8.65. The first-order chi connectivity index (χ1) is 16.1. The predicted octanol–water partition coefficient (Wildman–Crippen LogP) is 4.13. The van der Waals surface area contributed by atoms with Crippen LogP contribution < -0.4 is 19.9 Å². The Labute approximate surface area is 194 Å². The van der Waals surface area contributed by atoms with Gasteiger partial charge in [-0.3, -0.25) is 4.79 Å². The van der Waals surface area contributed by atoms with E-state index in [0.717, 1.165) is 12.1 Å². The van der Waals surface area contributed by atoms with Gasteiger partial charge in [0.05, 0.1) is 30.1 Å². The summed E-state index contributed by atoms with van der Waals surface area (Å²) in [5, 5.41) is 16.8. The molecule has 0 aliphatic carbocycles. The fourth-order valence-electron chi connectivity index (χ4n) is 3.03. The van der Waals surface area contributed by atoms with Crippen molar-refractivity contribution in [1.82, 2.24) is 0 Å². The molecule has 3 aromatic rings. The molecular weight excluding hydrogens is 468 g/mol. The van der Waals surface area contributed by atoms with E-state index in [2.05, 4.69) is 5.32 Å². The first-order valence-electron chi connectivity index (χ1n) is 9.70. The SMILES string of the molecule is COc1ccc(CC(=O)Nc2ccc(S(N)(=O)=O)cc2)cc1Oc1cc(C#N)cc(C(F)F)c1. The quantitative estimate of drug-likeness (QED) is 0.491. The Kier molecular flexibility index (Phi) is 7.45. The van der Waals surface area contributed by atoms with Crippen molar-refractivity contribution in [2.45, 2.75) is 17.7 Å². The normalized spacial score (nSPS) is 11.1. The lowest BCUT2D eigenvalue weighted by Crippen LogP contribution is -2.15. The molecule has 0 radical (unpaired) electrons. The molecule has 176 valence electrons. The highest BCUT2D eigenvalue weighted by molar-refractivity contribution is 7.89. The first kappa shape index (κ1) is 24.6. The highest BCUT2D eigenvalue weighted by Crippen LogP contribution is 2.34. The van der Waals surface area contributed by atoms with Gasteiger partial charge in [-0.25, -0.2) is 22.3 Å². The summed E-state index contributed by atoms with van der Waals surface area (Å²) < 4.78 is 59.9. The molecule has 0 atom stereocenters. The molecule has 8 nitrogen and oxygen atoms in total. The molecular formula is C23H19F2N3O5S. The molecule has 0 aliphatic heterocycles. The molecule has 0 heterocycles. The number of carbonyl (C=O) groups excluding carboxylic acids is 1. The summed E-state index contributed by atoms with van der Waals surface area (Å²) in [6.45, 7) is 0. The van der Waals surface area contributed by atoms with Gasteiger partial charge in [-0.2, -0.15) is 5.26 Å². The van der Waals surface area contributed by atoms with Crippen molar-refractivity contribution in [3.63, 3.8) is 0 Å². The number of nitrogens with zero attached hydrogens (tertiary/aromatic N) is 1. The molecule has 11 heteroatoms. The minimum Gasteiger partial charge on any atom is -0.493 e. The van der Waals surface area contributed by atoms with Crippen LogP contribution in [0.4, 0.5) is 14.5 Å². The first-order valence-corrected chi connectivity index (χ1v) is 11.2. The number of nitriles is 1. The number of ether oxygens (including phenoxy) is 2. The lowest BCUT2D eigenvalue weighted by Gasteiger charge is -2.13. The van der Waals surface area contributed by atoms with E-state index in [-0.39, 0.29) is 33.9 Å². The Balaban J connectivity index is 1.78. The number of primary sulfonamides is 1. The Bertz CT molecular complexity index is 1350. The van der Waals surface area contributed by atoms with Crippen LogP contribution in [0.1, 0.15) is 23.1 Å². The highest BCUT2D eigenvalue weighted by atomic mass is 32.2. The zero-order valence-electron chi connectivity index (χ0n) is 17.8. The van der Waals surface area contributed by atoms with Gasteiger partial charge in [0.25, 0.3) is 6.43 Å². The van der Waals surface area contributed by atoms with Crippen LogP contribution in [-0.4, -0.2) is 21.4 Å². The molecule has 0 unspecified atom stereocenters. The summed E-state index contributed by atoms with van der Waals surface area (Å²) in [7, 11) is -2.44. The van der Waals surface area contributed by atoms with Crippen LogP contribution >= 0.6 is 0 Å². The molecule has 3 aromatic carbocycles. The molecule has 0 aromatic heterocycles. The number of benzene rings is 3. The zero-order valence-corrected chi connectivity index (χ0v) is 18.6. The average Bonchev–Trinajstić information content (AvgIpc) is 2.78. The summed E-state index contributed by atoms with van der Waals surface area (Å²) in [5.74, 6) is 0.0828. The van der Waals surface area contributed by atoms with Crippen LogP contribution in [0.15, 0.2) is 65.6 Å². The van der Waals surface area contributed by atoms with Crippen LogP contribution in [0.2, 0.25) is 0 Å². The van der Waals surface area contributed by atoms with Gasteiger partial charge in [-0.15, -0.1) is 0 Å². The van der Waals surface area contributed by atoms with Crippen molar-refractivity contribution in [3.8, 4) is 23.3 Å². The van der Waals surface area contributed by atoms with Gasteiger partial charge in [-0.1, -0.05) is 6.07 Å². The van der Waals surface area contributed by atoms with Crippen LogP contribution in [0.3, 0.4) is 0 Å². The molecule has 3 rings (SSSR count). The smallest absolute Gasteiger partial charge is 0.264 e. The minimum atomic E-state index is -3.84. The van der Waals surface area contributed by atoms with Crippen molar-refractivity contribution < 1.29 is 31.5 Å². The number of hydrogen-bond acceptors (Lipinski definition) is 6. The molecule has 0 spiro atoms. The van der Waals surface area contributed by atoms with Crippen molar-refractivity contribution in [1.29, 1.82) is 5.26 Å². The molecule has 0 fully saturated rings. The molecule has 3 N–H and O–H groups in total. The lowest BCUT2D eigenvalue weighted by molar-refractivity contribution is -0.115. The van der Waals surface area contributed by atoms with E-state index in [0.29, 0.717) is 17.0 Å². The Morgan fingerprint density at radius 2 is 1.79 bits per heavy atom. The minimum absolute atomic E-state index is 0.00996. The Hall–Kier alpha value is -4.01. The van der Waals surface area contributed by atoms with Crippen molar-refractivity contribution in [3.05, 3.63) is 77.4 Å². The van der Waals surface area contributed by atoms with Gasteiger partial charge in [0.1, 0.15) is 5.75 Å². The Morgan fingerprint density at radius 3 is 2.38 bits per heavy atom. The number of methoxy groups -OCH3 is 1. The van der Waals surface area contributed by atoms with E-state index in [1.165, 1.54) is 43.5 Å². The average molecular weight is 487 g/mol. The fraction of sp³-hybridized carbons (Fsp3) is 0.130. The number of sulfonamides is 1. The van der Waals surface area contributed by atoms with Crippen LogP contribution in [0, 0.1) is 11.3 Å². The van der Waals surface area contributed by atoms with Gasteiger partial charge in [-0.05, 0) is 60.2 Å². The van der Waals surface area contributed by atoms with E-state index in [9.17, 15) is 22.0 Å². The largest absolute Gasteiger partial charge is 0.493 e. The number of nitrogens with two attached hydrogens (primary N) is 1. The maximum absolute atomic E-state index is 13.1. The number of halogens is 2. The second kappa shape index (κ2) is 10.3. The van der Waals surface area contributed by atoms with Crippen LogP contribution in [0.5, 0.6) is 17.2 Å². The number of amides is 1. The maximum atomic E-state index is 13.1. The van der Waals surface area contributed by atoms with Gasteiger partial charge in [0.15, 0.2) is 11.5 Å². The van der Waals surface area contributed by atoms with E-state index in [1.54, 1.807) is 12.1 Å². The van der Waals surface area contributed by atoms with E-state index in [1.807, 2.05) is 6.07 Å². The van der Waals surface area contributed by atoms with Gasteiger partial charge >= 0.3 is 0 Å². The molecule has 0 bridgehead atoms. The molecule has 0 saturated carbocycles. The highest BCUT2D eigenvalue weighted by Gasteiger charge is 2.15. The summed E-state index contributed by atoms with van der Waals surface area (Å²) >= 11 is 0. The van der Waals surface area contributed by atoms with Gasteiger partial charge in [0.2, 0.25) is 15.9 Å². The van der Waals surface area contributed by atoms with Crippen molar-refractivity contribution in [2.24, 2.45) is 5.14 Å². The number of carbonyl (C=O) groups is 1. The topological polar surface area (TPSA) is 132 Å². The predicted molar refractivity (Wildman–Crippen MR) is 119 cm³/mol. The Morgan fingerprint density at radius 1 is 1.09 bits per heavy atom. The molecule has 0 aliphatic rings. The number of nitrogens with one attached hydrogen (secondary N) is 1. The summed E-state index contributed by atoms with van der Waals surface area (Å²) in [5.41, 5.74) is 0.544. The van der Waals surface area contributed by atoms with Gasteiger partial charge in [0, 0.05) is 11.3 Å². The van der Waals surface area contributed by atoms with Crippen molar-refractivity contribution >= 4 is 21.6 Å². The third-order valence-corrected chi connectivity index (χ3v) is 5.53. The fourth-order valence-corrected chi connectivity index (χ4v) is 3.54. The van der Waals surface area contributed by atoms with E-state index in [4.69, 9.17) is 19.9 Å². The number of alkyl halides is 2. The summed E-state index contributed by atoms with van der Waals surface area (Å²) in [6.07, 6.45) is -2.86. The van der Waals surface area contributed by atoms with E-state index >= 15 is 0 Å². The molecule has 1 amide bonds. The zero-order chi connectivity index (χ0) is 24.9. The molecule has 34 heavy (non-hydrogen) atoms. The van der Waals surface area contributed by atoms with Crippen LogP contribution in [-0.2, 0) is 21.2 Å².